The molecule has 1 saturated heterocycles. The van der Waals surface area contributed by atoms with Crippen LogP contribution in [0.15, 0.2) is 36.4 Å². The van der Waals surface area contributed by atoms with E-state index in [4.69, 9.17) is 15.2 Å². The van der Waals surface area contributed by atoms with E-state index in [0.717, 1.165) is 11.6 Å². The van der Waals surface area contributed by atoms with Crippen LogP contribution in [-0.2, 0) is 32.1 Å². The Balaban J connectivity index is 1.52. The molecule has 3 N–H and O–H groups in total. The van der Waals surface area contributed by atoms with Crippen molar-refractivity contribution in [3.05, 3.63) is 65.0 Å². The lowest BCUT2D eigenvalue weighted by atomic mass is 10.0. The van der Waals surface area contributed by atoms with Crippen molar-refractivity contribution in [1.29, 1.82) is 0 Å². The number of hydrogen-bond acceptors (Lipinski definition) is 7. The second kappa shape index (κ2) is 13.3. The number of nitrogens with one attached hydrogen (secondary N) is 1. The topological polar surface area (TPSA) is 111 Å². The fraction of sp³-hybridized carbons (Fsp3) is 0.400. The quantitative estimate of drug-likeness (QED) is 0.334. The molecule has 0 radical (unpaired) electrons. The number of carbonyl (C=O) groups excluding carboxylic acids is 3. The van der Waals surface area contributed by atoms with Gasteiger partial charge in [0.2, 0.25) is 5.91 Å². The summed E-state index contributed by atoms with van der Waals surface area (Å²) in [6.07, 6.45) is -0.357. The molecular formula is C25H28F3N3O5S. The molecule has 200 valence electrons. The molecule has 1 unspecified atom stereocenters. The first-order chi connectivity index (χ1) is 17.7. The van der Waals surface area contributed by atoms with Gasteiger partial charge in [0.15, 0.2) is 23.6 Å². The minimum atomic E-state index is -1.30. The Hall–Kier alpha value is -3.25. The number of nitrogens with zero attached hydrogens (tertiary/aromatic N) is 1. The normalized spacial score (nSPS) is 15.8. The molecule has 1 heterocycles. The third kappa shape index (κ3) is 8.12. The summed E-state index contributed by atoms with van der Waals surface area (Å²) < 4.78 is 50.7. The highest BCUT2D eigenvalue weighted by atomic mass is 32.2. The number of esters is 1. The van der Waals surface area contributed by atoms with Crippen molar-refractivity contribution >= 4 is 29.5 Å². The number of benzene rings is 2. The monoisotopic (exact) mass is 539 g/mol. The summed E-state index contributed by atoms with van der Waals surface area (Å²) in [5.41, 5.74) is 6.58. The Kier molecular flexibility index (Phi) is 10.2. The Bertz CT molecular complexity index is 1140. The largest absolute Gasteiger partial charge is 0.482 e. The van der Waals surface area contributed by atoms with Crippen molar-refractivity contribution in [1.82, 2.24) is 10.2 Å². The van der Waals surface area contributed by atoms with E-state index in [9.17, 15) is 27.6 Å². The predicted octanol–water partition coefficient (Wildman–Crippen LogP) is 2.52. The molecule has 1 aliphatic heterocycles. The smallest absolute Gasteiger partial charge is 0.344 e. The molecule has 0 aromatic heterocycles. The van der Waals surface area contributed by atoms with Gasteiger partial charge in [-0.2, -0.15) is 0 Å². The molecule has 2 aromatic rings. The first kappa shape index (κ1) is 28.3. The number of carbonyl (C=O) groups is 3. The van der Waals surface area contributed by atoms with Gasteiger partial charge in [0, 0.05) is 37.4 Å². The molecule has 37 heavy (non-hydrogen) atoms. The lowest BCUT2D eigenvalue weighted by molar-refractivity contribution is -0.145. The van der Waals surface area contributed by atoms with Gasteiger partial charge in [-0.05, 0) is 42.7 Å². The third-order valence-electron chi connectivity index (χ3n) is 5.47. The number of rotatable bonds is 11. The summed E-state index contributed by atoms with van der Waals surface area (Å²) in [5, 5.41) is 2.03. The van der Waals surface area contributed by atoms with Gasteiger partial charge in [0.05, 0.1) is 6.61 Å². The molecular weight excluding hydrogens is 511 g/mol. The molecule has 8 nitrogen and oxygen atoms in total. The highest BCUT2D eigenvalue weighted by Crippen LogP contribution is 2.25. The van der Waals surface area contributed by atoms with Crippen molar-refractivity contribution < 1.29 is 37.0 Å². The fourth-order valence-electron chi connectivity index (χ4n) is 3.73. The van der Waals surface area contributed by atoms with E-state index >= 15 is 0 Å². The summed E-state index contributed by atoms with van der Waals surface area (Å²) in [6.45, 7) is 2.23. The number of thioether (sulfide) groups is 1. The fourth-order valence-corrected chi connectivity index (χ4v) is 4.89. The van der Waals surface area contributed by atoms with E-state index in [-0.39, 0.29) is 44.1 Å². The zero-order valence-corrected chi connectivity index (χ0v) is 21.0. The Morgan fingerprint density at radius 2 is 1.92 bits per heavy atom. The van der Waals surface area contributed by atoms with Crippen LogP contribution in [0.5, 0.6) is 5.75 Å². The minimum Gasteiger partial charge on any atom is -0.482 e. The van der Waals surface area contributed by atoms with Crippen LogP contribution in [-0.4, -0.2) is 59.6 Å². The first-order valence-corrected chi connectivity index (χ1v) is 12.7. The van der Waals surface area contributed by atoms with Gasteiger partial charge in [-0.3, -0.25) is 9.59 Å². The van der Waals surface area contributed by atoms with Gasteiger partial charge < -0.3 is 25.4 Å². The van der Waals surface area contributed by atoms with E-state index in [1.807, 2.05) is 0 Å². The van der Waals surface area contributed by atoms with Gasteiger partial charge in [0.1, 0.15) is 11.6 Å². The van der Waals surface area contributed by atoms with Crippen LogP contribution in [0.3, 0.4) is 0 Å². The van der Waals surface area contributed by atoms with E-state index in [1.54, 1.807) is 31.2 Å². The lowest BCUT2D eigenvalue weighted by Gasteiger charge is -2.24. The Labute approximate surface area is 216 Å². The molecule has 0 saturated carbocycles. The molecule has 0 aliphatic carbocycles. The van der Waals surface area contributed by atoms with Crippen LogP contribution in [0.4, 0.5) is 13.2 Å². The molecule has 2 amide bonds. The molecule has 2 aromatic carbocycles. The molecule has 0 bridgehead atoms. The van der Waals surface area contributed by atoms with E-state index in [2.05, 4.69) is 5.32 Å². The van der Waals surface area contributed by atoms with Gasteiger partial charge in [0.25, 0.3) is 5.91 Å². The van der Waals surface area contributed by atoms with Crippen LogP contribution < -0.4 is 15.8 Å². The average molecular weight is 540 g/mol. The van der Waals surface area contributed by atoms with Gasteiger partial charge >= 0.3 is 5.97 Å². The summed E-state index contributed by atoms with van der Waals surface area (Å²) in [7, 11) is 0. The van der Waals surface area contributed by atoms with E-state index < -0.39 is 40.7 Å². The van der Waals surface area contributed by atoms with Crippen molar-refractivity contribution in [3.63, 3.8) is 0 Å². The average Bonchev–Trinajstić information content (AvgIpc) is 3.35. The zero-order chi connectivity index (χ0) is 26.9. The van der Waals surface area contributed by atoms with Gasteiger partial charge in [-0.15, -0.1) is 11.8 Å². The van der Waals surface area contributed by atoms with Crippen molar-refractivity contribution in [2.24, 2.45) is 5.73 Å². The van der Waals surface area contributed by atoms with Crippen LogP contribution in [0, 0.1) is 17.5 Å². The standard InChI is InChI=1S/C25H28F3N3O5S/c1-2-35-23(33)14-36-18-5-3-4-15(8-18)13-30-24(34)25-31(6-7-37-25)22(32)11-17(29)9-16-10-20(27)21(28)12-19(16)26/h3-5,8,10,12,17,25H,2,6-7,9,11,13-14,29H2,1H3,(H,30,34)/t17-,25?/m1/s1. The maximum absolute atomic E-state index is 13.9. The number of nitrogens with two attached hydrogens (primary N) is 1. The number of halogens is 3. The minimum absolute atomic E-state index is 0.127. The Morgan fingerprint density at radius 1 is 1.16 bits per heavy atom. The highest BCUT2D eigenvalue weighted by Gasteiger charge is 2.35. The maximum atomic E-state index is 13.9. The first-order valence-electron chi connectivity index (χ1n) is 11.6. The lowest BCUT2D eigenvalue weighted by Crippen LogP contribution is -2.46. The SMILES string of the molecule is CCOC(=O)COc1cccc(CNC(=O)C2SCCN2C(=O)C[C@H](N)Cc2cc(F)c(F)cc2F)c1. The molecule has 3 rings (SSSR count). The van der Waals surface area contributed by atoms with E-state index in [1.165, 1.54) is 16.7 Å². The van der Waals surface area contributed by atoms with Gasteiger partial charge in [-0.1, -0.05) is 12.1 Å². The van der Waals surface area contributed by atoms with E-state index in [0.29, 0.717) is 24.1 Å². The second-order valence-corrected chi connectivity index (χ2v) is 9.48. The summed E-state index contributed by atoms with van der Waals surface area (Å²) in [4.78, 5) is 38.5. The molecule has 2 atom stereocenters. The number of hydrogen-bond donors (Lipinski definition) is 2. The molecule has 0 spiro atoms. The third-order valence-corrected chi connectivity index (χ3v) is 6.67. The van der Waals surface area contributed by atoms with Crippen LogP contribution >= 0.6 is 11.8 Å². The predicted molar refractivity (Wildman–Crippen MR) is 131 cm³/mol. The summed E-state index contributed by atoms with van der Waals surface area (Å²) in [6, 6.07) is 7.18. The summed E-state index contributed by atoms with van der Waals surface area (Å²) >= 11 is 1.30. The highest BCUT2D eigenvalue weighted by molar-refractivity contribution is 8.00. The van der Waals surface area contributed by atoms with Crippen LogP contribution in [0.2, 0.25) is 0 Å². The van der Waals surface area contributed by atoms with Gasteiger partial charge in [-0.25, -0.2) is 18.0 Å². The molecule has 12 heteroatoms. The number of ether oxygens (including phenoxy) is 2. The van der Waals surface area contributed by atoms with Crippen molar-refractivity contribution in [2.45, 2.75) is 37.7 Å². The Morgan fingerprint density at radius 3 is 2.68 bits per heavy atom. The maximum Gasteiger partial charge on any atom is 0.344 e. The zero-order valence-electron chi connectivity index (χ0n) is 20.2. The van der Waals surface area contributed by atoms with Crippen LogP contribution in [0.1, 0.15) is 24.5 Å². The number of amides is 2. The summed E-state index contributed by atoms with van der Waals surface area (Å²) in [5.74, 6) is -3.69. The van der Waals surface area contributed by atoms with Crippen molar-refractivity contribution in [3.8, 4) is 5.75 Å². The molecule has 1 aliphatic rings. The second-order valence-electron chi connectivity index (χ2n) is 8.30. The van der Waals surface area contributed by atoms with Crippen molar-refractivity contribution in [2.75, 3.05) is 25.5 Å². The molecule has 1 fully saturated rings. The van der Waals surface area contributed by atoms with Crippen LogP contribution in [0.25, 0.3) is 0 Å².